The highest BCUT2D eigenvalue weighted by Gasteiger charge is 2.21. The first-order valence-corrected chi connectivity index (χ1v) is 4.02. The molecule has 5 heteroatoms. The van der Waals surface area contributed by atoms with Crippen LogP contribution in [0.3, 0.4) is 0 Å². The van der Waals surface area contributed by atoms with Crippen LogP contribution in [0.5, 0.6) is 0 Å². The van der Waals surface area contributed by atoms with Crippen molar-refractivity contribution in [1.82, 2.24) is 0 Å². The van der Waals surface area contributed by atoms with Gasteiger partial charge < -0.3 is 10.8 Å². The molecule has 0 radical (unpaired) electrons. The Morgan fingerprint density at radius 2 is 1.79 bits per heavy atom. The van der Waals surface area contributed by atoms with E-state index < -0.39 is 29.6 Å². The lowest BCUT2D eigenvalue weighted by Crippen LogP contribution is -2.25. The van der Waals surface area contributed by atoms with E-state index in [1.165, 1.54) is 6.92 Å². The molecule has 1 aromatic carbocycles. The van der Waals surface area contributed by atoms with Gasteiger partial charge in [0.25, 0.3) is 0 Å². The highest BCUT2D eigenvalue weighted by Crippen LogP contribution is 2.22. The summed E-state index contributed by atoms with van der Waals surface area (Å²) in [6.45, 7) is 1.44. The minimum absolute atomic E-state index is 0.334. The molecule has 3 N–H and O–H groups in total. The van der Waals surface area contributed by atoms with Crippen molar-refractivity contribution in [2.24, 2.45) is 5.73 Å². The quantitative estimate of drug-likeness (QED) is 0.718. The van der Waals surface area contributed by atoms with Crippen LogP contribution in [0.25, 0.3) is 0 Å². The van der Waals surface area contributed by atoms with Crippen molar-refractivity contribution in [2.75, 3.05) is 0 Å². The van der Waals surface area contributed by atoms with Crippen LogP contribution < -0.4 is 5.73 Å². The van der Waals surface area contributed by atoms with Crippen LogP contribution in [0.2, 0.25) is 0 Å². The van der Waals surface area contributed by atoms with Crippen LogP contribution in [0.1, 0.15) is 18.6 Å². The average Bonchev–Trinajstić information content (AvgIpc) is 2.13. The number of aliphatic hydroxyl groups excluding tert-OH is 1. The van der Waals surface area contributed by atoms with Gasteiger partial charge in [-0.1, -0.05) is 6.07 Å². The van der Waals surface area contributed by atoms with Gasteiger partial charge in [-0.25, -0.2) is 13.2 Å². The number of hydrogen-bond donors (Lipinski definition) is 2. The second-order valence-electron chi connectivity index (χ2n) is 3.07. The van der Waals surface area contributed by atoms with Crippen LogP contribution in [0.4, 0.5) is 13.2 Å². The Hall–Kier alpha value is -1.07. The van der Waals surface area contributed by atoms with Gasteiger partial charge in [0.05, 0.1) is 6.10 Å². The van der Waals surface area contributed by atoms with Gasteiger partial charge in [-0.2, -0.15) is 0 Å². The predicted molar refractivity (Wildman–Crippen MR) is 44.9 cm³/mol. The van der Waals surface area contributed by atoms with Gasteiger partial charge in [-0.05, 0) is 13.0 Å². The first-order valence-electron chi connectivity index (χ1n) is 4.02. The summed E-state index contributed by atoms with van der Waals surface area (Å²) < 4.78 is 38.3. The van der Waals surface area contributed by atoms with E-state index in [1.807, 2.05) is 0 Å². The SMILES string of the molecule is C[C@@H](N)[C@@H](O)c1ccc(F)c(F)c1F. The summed E-state index contributed by atoms with van der Waals surface area (Å²) in [7, 11) is 0. The summed E-state index contributed by atoms with van der Waals surface area (Å²) in [6.07, 6.45) is -1.34. The molecule has 2 atom stereocenters. The maximum Gasteiger partial charge on any atom is 0.194 e. The van der Waals surface area contributed by atoms with Gasteiger partial charge >= 0.3 is 0 Å². The first-order chi connectivity index (χ1) is 6.45. The molecule has 0 saturated heterocycles. The summed E-state index contributed by atoms with van der Waals surface area (Å²) in [5.41, 5.74) is 4.96. The summed E-state index contributed by atoms with van der Waals surface area (Å²) in [4.78, 5) is 0. The van der Waals surface area contributed by atoms with Crippen LogP contribution in [0.15, 0.2) is 12.1 Å². The van der Waals surface area contributed by atoms with E-state index in [-0.39, 0.29) is 5.56 Å². The van der Waals surface area contributed by atoms with E-state index >= 15 is 0 Å². The third-order valence-corrected chi connectivity index (χ3v) is 1.88. The van der Waals surface area contributed by atoms with Crippen molar-refractivity contribution < 1.29 is 18.3 Å². The Bertz CT molecular complexity index is 341. The molecule has 0 aliphatic heterocycles. The largest absolute Gasteiger partial charge is 0.387 e. The molecule has 0 saturated carbocycles. The second kappa shape index (κ2) is 3.98. The molecule has 0 amide bonds. The number of halogens is 3. The fourth-order valence-electron chi connectivity index (χ4n) is 1.05. The Balaban J connectivity index is 3.17. The Morgan fingerprint density at radius 1 is 1.21 bits per heavy atom. The molecule has 78 valence electrons. The molecule has 2 nitrogen and oxygen atoms in total. The van der Waals surface area contributed by atoms with Gasteiger partial charge in [0.1, 0.15) is 0 Å². The van der Waals surface area contributed by atoms with Crippen LogP contribution in [-0.4, -0.2) is 11.1 Å². The van der Waals surface area contributed by atoms with E-state index in [9.17, 15) is 18.3 Å². The van der Waals surface area contributed by atoms with Gasteiger partial charge in [0.15, 0.2) is 17.5 Å². The predicted octanol–water partition coefficient (Wildman–Crippen LogP) is 1.48. The summed E-state index contributed by atoms with van der Waals surface area (Å²) in [5.74, 6) is -4.28. The van der Waals surface area contributed by atoms with Gasteiger partial charge in [0.2, 0.25) is 0 Å². The Kier molecular flexibility index (Phi) is 3.13. The highest BCUT2D eigenvalue weighted by atomic mass is 19.2. The second-order valence-corrected chi connectivity index (χ2v) is 3.07. The molecule has 1 rings (SSSR count). The van der Waals surface area contributed by atoms with Gasteiger partial charge in [-0.15, -0.1) is 0 Å². The van der Waals surface area contributed by atoms with Crippen molar-refractivity contribution >= 4 is 0 Å². The lowest BCUT2D eigenvalue weighted by Gasteiger charge is -2.15. The Morgan fingerprint density at radius 3 is 2.29 bits per heavy atom. The van der Waals surface area contributed by atoms with Crippen molar-refractivity contribution in [1.29, 1.82) is 0 Å². The number of hydrogen-bond acceptors (Lipinski definition) is 2. The van der Waals surface area contributed by atoms with E-state index in [2.05, 4.69) is 0 Å². The molecule has 0 unspecified atom stereocenters. The molecule has 0 heterocycles. The normalized spacial score (nSPS) is 15.3. The topological polar surface area (TPSA) is 46.2 Å². The molecule has 0 aliphatic carbocycles. The molecule has 0 aliphatic rings. The zero-order valence-corrected chi connectivity index (χ0v) is 7.47. The van der Waals surface area contributed by atoms with E-state index in [0.717, 1.165) is 12.1 Å². The van der Waals surface area contributed by atoms with Crippen molar-refractivity contribution in [3.05, 3.63) is 35.1 Å². The lowest BCUT2D eigenvalue weighted by molar-refractivity contribution is 0.147. The highest BCUT2D eigenvalue weighted by molar-refractivity contribution is 5.23. The van der Waals surface area contributed by atoms with Crippen LogP contribution >= 0.6 is 0 Å². The molecule has 0 spiro atoms. The molecule has 0 aromatic heterocycles. The number of benzene rings is 1. The molecule has 0 bridgehead atoms. The number of rotatable bonds is 2. The third kappa shape index (κ3) is 1.88. The first kappa shape index (κ1) is 11.0. The van der Waals surface area contributed by atoms with Crippen molar-refractivity contribution in [3.63, 3.8) is 0 Å². The van der Waals surface area contributed by atoms with Crippen LogP contribution in [0, 0.1) is 17.5 Å². The van der Waals surface area contributed by atoms with E-state index in [0.29, 0.717) is 0 Å². The minimum Gasteiger partial charge on any atom is -0.387 e. The standard InChI is InChI=1S/C9H10F3NO/c1-4(13)9(14)5-2-3-6(10)8(12)7(5)11/h2-4,9,14H,13H2,1H3/t4-,9-/m1/s1. The molecule has 0 fully saturated rings. The minimum atomic E-state index is -1.60. The average molecular weight is 205 g/mol. The summed E-state index contributed by atoms with van der Waals surface area (Å²) in [6, 6.07) is 0.968. The fraction of sp³-hybridized carbons (Fsp3) is 0.333. The molecule has 14 heavy (non-hydrogen) atoms. The molecule has 1 aromatic rings. The van der Waals surface area contributed by atoms with E-state index in [1.54, 1.807) is 0 Å². The smallest absolute Gasteiger partial charge is 0.194 e. The molecular weight excluding hydrogens is 195 g/mol. The lowest BCUT2D eigenvalue weighted by atomic mass is 10.0. The molecular formula is C9H10F3NO. The summed E-state index contributed by atoms with van der Waals surface area (Å²) >= 11 is 0. The van der Waals surface area contributed by atoms with E-state index in [4.69, 9.17) is 5.73 Å². The van der Waals surface area contributed by atoms with Gasteiger partial charge in [0, 0.05) is 11.6 Å². The monoisotopic (exact) mass is 205 g/mol. The summed E-state index contributed by atoms with van der Waals surface area (Å²) in [5, 5.41) is 9.34. The number of aliphatic hydroxyl groups is 1. The van der Waals surface area contributed by atoms with Crippen molar-refractivity contribution in [3.8, 4) is 0 Å². The zero-order chi connectivity index (χ0) is 10.9. The maximum absolute atomic E-state index is 13.0. The number of nitrogens with two attached hydrogens (primary N) is 1. The fourth-order valence-corrected chi connectivity index (χ4v) is 1.05. The Labute approximate surface area is 79.2 Å². The zero-order valence-electron chi connectivity index (χ0n) is 7.47. The maximum atomic E-state index is 13.0. The van der Waals surface area contributed by atoms with Crippen LogP contribution in [-0.2, 0) is 0 Å². The van der Waals surface area contributed by atoms with Crippen molar-refractivity contribution in [2.45, 2.75) is 19.1 Å². The van der Waals surface area contributed by atoms with Gasteiger partial charge in [-0.3, -0.25) is 0 Å². The third-order valence-electron chi connectivity index (χ3n) is 1.88.